The minimum absolute atomic E-state index is 0.0704. The minimum Gasteiger partial charge on any atom is -0.489 e. The van der Waals surface area contributed by atoms with Gasteiger partial charge in [0, 0.05) is 82.6 Å². The first-order valence-corrected chi connectivity index (χ1v) is 25.5. The zero-order valence-electron chi connectivity index (χ0n) is 41.8. The minimum atomic E-state index is -0.671. The van der Waals surface area contributed by atoms with Crippen LogP contribution in [-0.2, 0) is 53.0 Å². The molecule has 3 aromatic heterocycles. The van der Waals surface area contributed by atoms with E-state index in [-0.39, 0.29) is 78.6 Å². The number of aromatic nitrogens is 4. The highest BCUT2D eigenvalue weighted by Gasteiger charge is 2.40. The molecule has 3 aliphatic heterocycles. The summed E-state index contributed by atoms with van der Waals surface area (Å²) in [4.78, 5) is 77.7. The van der Waals surface area contributed by atoms with Crippen LogP contribution in [0.4, 0.5) is 16.2 Å². The maximum atomic E-state index is 13.2. The van der Waals surface area contributed by atoms with Crippen LogP contribution in [0.2, 0.25) is 10.2 Å². The lowest BCUT2D eigenvalue weighted by molar-refractivity contribution is -0.137. The van der Waals surface area contributed by atoms with Crippen LogP contribution in [0, 0.1) is 0 Å². The van der Waals surface area contributed by atoms with Crippen molar-refractivity contribution in [1.82, 2.24) is 44.9 Å². The number of urea groups is 1. The summed E-state index contributed by atoms with van der Waals surface area (Å²) >= 11 is 12.3. The molecule has 22 nitrogen and oxygen atoms in total. The summed E-state index contributed by atoms with van der Waals surface area (Å²) in [7, 11) is 1.53. The number of rotatable bonds is 26. The van der Waals surface area contributed by atoms with Gasteiger partial charge in [0.2, 0.25) is 23.6 Å². The third-order valence-electron chi connectivity index (χ3n) is 12.8. The number of piperidine rings is 1. The Bertz CT molecular complexity index is 2800. The molecule has 2 atom stereocenters. The first kappa shape index (κ1) is 54.8. The van der Waals surface area contributed by atoms with Crippen LogP contribution >= 0.6 is 23.2 Å². The first-order valence-electron chi connectivity index (χ1n) is 24.8. The topological polar surface area (TPSA) is 242 Å². The van der Waals surface area contributed by atoms with E-state index in [1.807, 2.05) is 6.07 Å². The quantitative estimate of drug-likeness (QED) is 0.0426. The predicted octanol–water partition coefficient (Wildman–Crippen LogP) is 4.88. The zero-order chi connectivity index (χ0) is 52.7. The van der Waals surface area contributed by atoms with Gasteiger partial charge in [-0.3, -0.25) is 34.3 Å². The molecule has 400 valence electrons. The number of benzene rings is 2. The number of hydrogen-bond acceptors (Lipinski definition) is 16. The lowest BCUT2D eigenvalue weighted by Crippen LogP contribution is -2.52. The molecule has 1 unspecified atom stereocenters. The Morgan fingerprint density at radius 3 is 2.31 bits per heavy atom. The molecule has 0 radical (unpaired) electrons. The highest BCUT2D eigenvalue weighted by molar-refractivity contribution is 6.31. The smallest absolute Gasteiger partial charge is 0.323 e. The number of piperazine rings is 1. The molecule has 5 aromatic rings. The standard InChI is InChI=1S/C51H61Cl2N11O11/c1-33(70-2)47-40(29-55-44-27-43(53)60-64(44)47)58-51(69)57-39-26-36(52)28-56-49(39)74-20-13-54-45(65)12-19-71-22-24-73-25-23-72-21-18-61-14-16-62(17-15-61)30-34-6-8-35(9-7-34)32-75-42-5-3-4-37-38(42)31-63(50(37)68)41-10-11-46(66)59-48(41)67/h3-9,26-29,33,41H,10-25,30-32H2,1-2H3,(H,54,65)(H2,57,58,69)(H,59,66,67)/t33?,41-/m0/s1. The number of nitrogens with one attached hydrogen (secondary N) is 4. The van der Waals surface area contributed by atoms with Gasteiger partial charge in [-0.05, 0) is 42.7 Å². The summed E-state index contributed by atoms with van der Waals surface area (Å²) in [5, 5.41) is 15.3. The van der Waals surface area contributed by atoms with E-state index in [0.717, 1.165) is 50.4 Å². The van der Waals surface area contributed by atoms with E-state index in [9.17, 15) is 24.0 Å². The number of carbonyl (C=O) groups excluding carboxylic acids is 5. The number of fused-ring (bicyclic) bond motifs is 2. The van der Waals surface area contributed by atoms with Crippen molar-refractivity contribution in [3.05, 3.63) is 105 Å². The van der Waals surface area contributed by atoms with Gasteiger partial charge >= 0.3 is 6.03 Å². The Hall–Kier alpha value is -6.50. The maximum Gasteiger partial charge on any atom is 0.323 e. The van der Waals surface area contributed by atoms with Crippen molar-refractivity contribution in [3.63, 3.8) is 0 Å². The molecule has 2 aromatic carbocycles. The highest BCUT2D eigenvalue weighted by atomic mass is 35.5. The fourth-order valence-corrected chi connectivity index (χ4v) is 9.11. The molecule has 0 spiro atoms. The van der Waals surface area contributed by atoms with E-state index < -0.39 is 24.1 Å². The lowest BCUT2D eigenvalue weighted by atomic mass is 10.0. The van der Waals surface area contributed by atoms with Crippen molar-refractivity contribution in [1.29, 1.82) is 0 Å². The number of nitrogens with zero attached hydrogens (tertiary/aromatic N) is 7. The SMILES string of the molecule is COC(C)c1c(NC(=O)Nc2cc(Cl)cnc2OCCNC(=O)CCOCCOCCOCCN2CCN(Cc3ccc(COc4cccc5c4CN([C@H]4CCC(=O)NC4=O)C5=O)cc3)CC2)cnc2cc(Cl)nn12. The number of ether oxygens (including phenoxy) is 6. The van der Waals surface area contributed by atoms with Gasteiger partial charge in [-0.25, -0.2) is 19.3 Å². The third kappa shape index (κ3) is 15.1. The highest BCUT2D eigenvalue weighted by Crippen LogP contribution is 2.34. The van der Waals surface area contributed by atoms with Gasteiger partial charge in [-0.2, -0.15) is 5.10 Å². The van der Waals surface area contributed by atoms with Gasteiger partial charge in [0.25, 0.3) is 5.91 Å². The van der Waals surface area contributed by atoms with E-state index in [1.54, 1.807) is 25.1 Å². The Kier molecular flexibility index (Phi) is 19.6. The number of halogens is 2. The van der Waals surface area contributed by atoms with E-state index in [1.165, 1.54) is 40.5 Å². The summed E-state index contributed by atoms with van der Waals surface area (Å²) in [5.74, 6) is -0.467. The van der Waals surface area contributed by atoms with Gasteiger partial charge < -0.3 is 49.3 Å². The molecule has 8 rings (SSSR count). The number of carbonyl (C=O) groups is 5. The number of hydrogen-bond donors (Lipinski definition) is 4. The number of imide groups is 1. The largest absolute Gasteiger partial charge is 0.489 e. The molecule has 0 aliphatic carbocycles. The van der Waals surface area contributed by atoms with Crippen LogP contribution in [0.3, 0.4) is 0 Å². The van der Waals surface area contributed by atoms with E-state index in [2.05, 4.69) is 70.4 Å². The van der Waals surface area contributed by atoms with Gasteiger partial charge in [-0.15, -0.1) is 0 Å². The van der Waals surface area contributed by atoms with Gasteiger partial charge in [0.1, 0.15) is 30.7 Å². The monoisotopic (exact) mass is 1070 g/mol. The van der Waals surface area contributed by atoms with Crippen molar-refractivity contribution in [2.75, 3.05) is 103 Å². The van der Waals surface area contributed by atoms with Crippen molar-refractivity contribution in [2.24, 2.45) is 0 Å². The van der Waals surface area contributed by atoms with E-state index in [0.29, 0.717) is 74.4 Å². The zero-order valence-corrected chi connectivity index (χ0v) is 43.3. The molecule has 2 fully saturated rings. The molecule has 0 saturated carbocycles. The number of anilines is 2. The normalized spacial score (nSPS) is 16.5. The Morgan fingerprint density at radius 1 is 0.827 bits per heavy atom. The Labute approximate surface area is 443 Å². The Balaban J connectivity index is 0.623. The molecular formula is C51H61Cl2N11O11. The van der Waals surface area contributed by atoms with Gasteiger partial charge in [-0.1, -0.05) is 53.5 Å². The summed E-state index contributed by atoms with van der Waals surface area (Å²) in [6.07, 6.45) is 3.08. The number of amides is 6. The Morgan fingerprint density at radius 2 is 1.55 bits per heavy atom. The third-order valence-corrected chi connectivity index (χ3v) is 13.2. The van der Waals surface area contributed by atoms with Crippen molar-refractivity contribution in [2.45, 2.75) is 58.0 Å². The fourth-order valence-electron chi connectivity index (χ4n) is 8.78. The second kappa shape index (κ2) is 26.8. The van der Waals surface area contributed by atoms with E-state index in [4.69, 9.17) is 51.6 Å². The summed E-state index contributed by atoms with van der Waals surface area (Å²) in [6.45, 7) is 10.7. The number of methoxy groups -OCH3 is 1. The van der Waals surface area contributed by atoms with Crippen LogP contribution in [0.1, 0.15) is 65.0 Å². The van der Waals surface area contributed by atoms with Crippen LogP contribution in [0.15, 0.2) is 67.0 Å². The maximum absolute atomic E-state index is 13.2. The predicted molar refractivity (Wildman–Crippen MR) is 276 cm³/mol. The summed E-state index contributed by atoms with van der Waals surface area (Å²) < 4.78 is 36.0. The molecule has 4 N–H and O–H groups in total. The van der Waals surface area contributed by atoms with Crippen molar-refractivity contribution < 1.29 is 52.4 Å². The fraction of sp³-hybridized carbons (Fsp3) is 0.451. The molecule has 24 heteroatoms. The average Bonchev–Trinajstić information content (AvgIpc) is 3.95. The lowest BCUT2D eigenvalue weighted by Gasteiger charge is -2.34. The van der Waals surface area contributed by atoms with Crippen molar-refractivity contribution >= 4 is 69.9 Å². The second-order valence-corrected chi connectivity index (χ2v) is 18.8. The van der Waals surface area contributed by atoms with Gasteiger partial charge in [0.15, 0.2) is 10.8 Å². The molecule has 3 aliphatic rings. The molecule has 75 heavy (non-hydrogen) atoms. The molecule has 0 bridgehead atoms. The van der Waals surface area contributed by atoms with E-state index >= 15 is 0 Å². The van der Waals surface area contributed by atoms with Crippen LogP contribution in [0.5, 0.6) is 11.6 Å². The van der Waals surface area contributed by atoms with Crippen LogP contribution in [0.25, 0.3) is 5.65 Å². The van der Waals surface area contributed by atoms with Crippen molar-refractivity contribution in [3.8, 4) is 11.6 Å². The molecule has 2 saturated heterocycles. The van der Waals surface area contributed by atoms with Crippen LogP contribution < -0.4 is 30.7 Å². The second-order valence-electron chi connectivity index (χ2n) is 17.9. The summed E-state index contributed by atoms with van der Waals surface area (Å²) in [6, 6.07) is 15.6. The number of pyridine rings is 1. The van der Waals surface area contributed by atoms with Gasteiger partial charge in [0.05, 0.1) is 81.4 Å². The molecule has 6 amide bonds. The summed E-state index contributed by atoms with van der Waals surface area (Å²) in [5.41, 5.74) is 5.08. The van der Waals surface area contributed by atoms with Crippen LogP contribution in [-0.4, -0.2) is 163 Å². The first-order chi connectivity index (χ1) is 36.4. The molecular weight excluding hydrogens is 1010 g/mol. The molecule has 6 heterocycles. The average molecular weight is 1080 g/mol.